The van der Waals surface area contributed by atoms with E-state index in [1.54, 1.807) is 30.5 Å². The molecule has 1 amide bonds. The average molecular weight is 370 g/mol. The van der Waals surface area contributed by atoms with E-state index in [0.717, 1.165) is 5.52 Å². The lowest BCUT2D eigenvalue weighted by Gasteiger charge is -2.16. The third-order valence-electron chi connectivity index (χ3n) is 3.82. The number of methoxy groups -OCH3 is 1. The molecule has 1 heterocycles. The summed E-state index contributed by atoms with van der Waals surface area (Å²) in [5.74, 6) is -1.03. The molecule has 7 heteroatoms. The fourth-order valence-electron chi connectivity index (χ4n) is 2.52. The van der Waals surface area contributed by atoms with Crippen molar-refractivity contribution in [1.82, 2.24) is 15.3 Å². The van der Waals surface area contributed by atoms with Gasteiger partial charge in [-0.25, -0.2) is 9.78 Å². The SMILES string of the molecule is COC(=O)[C@@H](Cc1cnc2ccccc2n1)NC(=O)c1ccccc1Cl. The molecule has 0 saturated carbocycles. The Hall–Kier alpha value is -2.99. The van der Waals surface area contributed by atoms with Gasteiger partial charge in [-0.1, -0.05) is 35.9 Å². The van der Waals surface area contributed by atoms with Crippen LogP contribution in [0.25, 0.3) is 11.0 Å². The van der Waals surface area contributed by atoms with E-state index in [0.29, 0.717) is 16.2 Å². The third kappa shape index (κ3) is 3.97. The molecule has 0 spiro atoms. The predicted octanol–water partition coefficient (Wildman–Crippen LogP) is 2.80. The quantitative estimate of drug-likeness (QED) is 0.699. The standard InChI is InChI=1S/C19H16ClN3O3/c1-26-19(25)17(23-18(24)13-6-2-3-7-14(13)20)10-12-11-21-15-8-4-5-9-16(15)22-12/h2-9,11,17H,10H2,1H3,(H,23,24)/t17-/m1/s1. The monoisotopic (exact) mass is 369 g/mol. The van der Waals surface area contributed by atoms with Crippen LogP contribution >= 0.6 is 11.6 Å². The number of fused-ring (bicyclic) bond motifs is 1. The summed E-state index contributed by atoms with van der Waals surface area (Å²) in [6.07, 6.45) is 1.74. The van der Waals surface area contributed by atoms with E-state index in [1.165, 1.54) is 7.11 Å². The van der Waals surface area contributed by atoms with Gasteiger partial charge >= 0.3 is 5.97 Å². The van der Waals surface area contributed by atoms with E-state index >= 15 is 0 Å². The second-order valence-corrected chi connectivity index (χ2v) is 5.99. The van der Waals surface area contributed by atoms with Crippen LogP contribution in [0.4, 0.5) is 0 Å². The van der Waals surface area contributed by atoms with Gasteiger partial charge in [-0.15, -0.1) is 0 Å². The molecule has 0 aliphatic heterocycles. The van der Waals surface area contributed by atoms with Crippen molar-refractivity contribution in [3.63, 3.8) is 0 Å². The maximum atomic E-state index is 12.5. The highest BCUT2D eigenvalue weighted by molar-refractivity contribution is 6.33. The highest BCUT2D eigenvalue weighted by Gasteiger charge is 2.24. The summed E-state index contributed by atoms with van der Waals surface area (Å²) < 4.78 is 4.80. The zero-order chi connectivity index (χ0) is 18.5. The van der Waals surface area contributed by atoms with E-state index in [9.17, 15) is 9.59 Å². The Balaban J connectivity index is 1.82. The first-order valence-electron chi connectivity index (χ1n) is 7.92. The molecule has 0 aliphatic rings. The topological polar surface area (TPSA) is 81.2 Å². The van der Waals surface area contributed by atoms with Crippen LogP contribution < -0.4 is 5.32 Å². The molecule has 0 saturated heterocycles. The average Bonchev–Trinajstić information content (AvgIpc) is 2.67. The first-order chi connectivity index (χ1) is 12.6. The molecule has 1 atom stereocenters. The normalized spacial score (nSPS) is 11.8. The van der Waals surface area contributed by atoms with Gasteiger partial charge in [-0.3, -0.25) is 9.78 Å². The largest absolute Gasteiger partial charge is 0.467 e. The van der Waals surface area contributed by atoms with Crippen LogP contribution in [0.5, 0.6) is 0 Å². The Morgan fingerprint density at radius 2 is 1.81 bits per heavy atom. The van der Waals surface area contributed by atoms with Crippen LogP contribution in [0, 0.1) is 0 Å². The maximum absolute atomic E-state index is 12.5. The van der Waals surface area contributed by atoms with Crippen molar-refractivity contribution in [2.75, 3.05) is 7.11 Å². The van der Waals surface area contributed by atoms with Crippen molar-refractivity contribution in [1.29, 1.82) is 0 Å². The molecule has 0 bridgehead atoms. The number of rotatable bonds is 5. The Kier molecular flexibility index (Phi) is 5.43. The summed E-state index contributed by atoms with van der Waals surface area (Å²) in [5.41, 5.74) is 2.32. The Morgan fingerprint density at radius 3 is 2.54 bits per heavy atom. The smallest absolute Gasteiger partial charge is 0.328 e. The Labute approximate surface area is 155 Å². The predicted molar refractivity (Wildman–Crippen MR) is 98.0 cm³/mol. The van der Waals surface area contributed by atoms with Crippen molar-refractivity contribution in [2.24, 2.45) is 0 Å². The number of benzene rings is 2. The minimum atomic E-state index is -0.903. The van der Waals surface area contributed by atoms with E-state index < -0.39 is 17.9 Å². The maximum Gasteiger partial charge on any atom is 0.328 e. The van der Waals surface area contributed by atoms with Gasteiger partial charge in [0.15, 0.2) is 0 Å². The van der Waals surface area contributed by atoms with Gasteiger partial charge < -0.3 is 10.1 Å². The van der Waals surface area contributed by atoms with E-state index in [-0.39, 0.29) is 12.0 Å². The van der Waals surface area contributed by atoms with Crippen LogP contribution in [0.15, 0.2) is 54.7 Å². The van der Waals surface area contributed by atoms with Gasteiger partial charge in [-0.05, 0) is 24.3 Å². The van der Waals surface area contributed by atoms with Gasteiger partial charge in [0.05, 0.1) is 34.4 Å². The van der Waals surface area contributed by atoms with Gasteiger partial charge in [0.1, 0.15) is 6.04 Å². The lowest BCUT2D eigenvalue weighted by molar-refractivity contribution is -0.142. The van der Waals surface area contributed by atoms with Crippen molar-refractivity contribution >= 4 is 34.5 Å². The summed E-state index contributed by atoms with van der Waals surface area (Å²) in [5, 5.41) is 2.96. The van der Waals surface area contributed by atoms with Crippen molar-refractivity contribution in [3.05, 3.63) is 71.0 Å². The number of nitrogens with one attached hydrogen (secondary N) is 1. The molecule has 3 aromatic rings. The first-order valence-corrected chi connectivity index (χ1v) is 8.30. The fraction of sp³-hybridized carbons (Fsp3) is 0.158. The number of hydrogen-bond acceptors (Lipinski definition) is 5. The van der Waals surface area contributed by atoms with Crippen LogP contribution in [-0.2, 0) is 16.0 Å². The third-order valence-corrected chi connectivity index (χ3v) is 4.15. The van der Waals surface area contributed by atoms with Gasteiger partial charge in [-0.2, -0.15) is 0 Å². The Bertz CT molecular complexity index is 961. The van der Waals surface area contributed by atoms with Gasteiger partial charge in [0.2, 0.25) is 0 Å². The molecule has 1 aromatic heterocycles. The van der Waals surface area contributed by atoms with Crippen LogP contribution in [0.1, 0.15) is 16.1 Å². The van der Waals surface area contributed by atoms with E-state index in [1.807, 2.05) is 24.3 Å². The summed E-state index contributed by atoms with van der Waals surface area (Å²) in [6.45, 7) is 0. The Morgan fingerprint density at radius 1 is 1.12 bits per heavy atom. The number of nitrogens with zero attached hydrogens (tertiary/aromatic N) is 2. The summed E-state index contributed by atoms with van der Waals surface area (Å²) in [4.78, 5) is 33.4. The number of para-hydroxylation sites is 2. The number of amides is 1. The first kappa shape index (κ1) is 17.8. The second-order valence-electron chi connectivity index (χ2n) is 5.58. The zero-order valence-corrected chi connectivity index (χ0v) is 14.7. The number of esters is 1. The number of ether oxygens (including phenoxy) is 1. The summed E-state index contributed by atoms with van der Waals surface area (Å²) >= 11 is 6.04. The van der Waals surface area contributed by atoms with Crippen LogP contribution in [0.3, 0.4) is 0 Å². The molecule has 3 rings (SSSR count). The number of carbonyl (C=O) groups excluding carboxylic acids is 2. The number of hydrogen-bond donors (Lipinski definition) is 1. The molecule has 0 radical (unpaired) electrons. The molecule has 26 heavy (non-hydrogen) atoms. The zero-order valence-electron chi connectivity index (χ0n) is 14.0. The molecular formula is C19H16ClN3O3. The number of carbonyl (C=O) groups is 2. The molecule has 0 aliphatic carbocycles. The van der Waals surface area contributed by atoms with Crippen molar-refractivity contribution < 1.29 is 14.3 Å². The molecule has 2 aromatic carbocycles. The van der Waals surface area contributed by atoms with Crippen LogP contribution in [-0.4, -0.2) is 35.0 Å². The molecule has 6 nitrogen and oxygen atoms in total. The van der Waals surface area contributed by atoms with Crippen molar-refractivity contribution in [3.8, 4) is 0 Å². The van der Waals surface area contributed by atoms with Crippen molar-refractivity contribution in [2.45, 2.75) is 12.5 Å². The summed E-state index contributed by atoms with van der Waals surface area (Å²) in [6, 6.07) is 13.1. The molecule has 0 unspecified atom stereocenters. The second kappa shape index (κ2) is 7.93. The minimum Gasteiger partial charge on any atom is -0.467 e. The number of aromatic nitrogens is 2. The minimum absolute atomic E-state index is 0.153. The molecule has 0 fully saturated rings. The molecule has 132 valence electrons. The molecular weight excluding hydrogens is 354 g/mol. The molecule has 1 N–H and O–H groups in total. The van der Waals surface area contributed by atoms with Crippen LogP contribution in [0.2, 0.25) is 5.02 Å². The fourth-order valence-corrected chi connectivity index (χ4v) is 2.74. The highest BCUT2D eigenvalue weighted by atomic mass is 35.5. The van der Waals surface area contributed by atoms with E-state index in [2.05, 4.69) is 15.3 Å². The highest BCUT2D eigenvalue weighted by Crippen LogP contribution is 2.15. The number of halogens is 1. The lowest BCUT2D eigenvalue weighted by Crippen LogP contribution is -2.43. The van der Waals surface area contributed by atoms with E-state index in [4.69, 9.17) is 16.3 Å². The van der Waals surface area contributed by atoms with Gasteiger partial charge in [0.25, 0.3) is 5.91 Å². The summed E-state index contributed by atoms with van der Waals surface area (Å²) in [7, 11) is 1.27. The lowest BCUT2D eigenvalue weighted by atomic mass is 10.1. The van der Waals surface area contributed by atoms with Gasteiger partial charge in [0, 0.05) is 12.6 Å².